The van der Waals surface area contributed by atoms with Gasteiger partial charge in [0.1, 0.15) is 5.15 Å². The molecule has 3 nitrogen and oxygen atoms in total. The fourth-order valence-corrected chi connectivity index (χ4v) is 2.06. The lowest BCUT2D eigenvalue weighted by atomic mass is 10.1. The van der Waals surface area contributed by atoms with Crippen LogP contribution in [0.25, 0.3) is 11.3 Å². The monoisotopic (exact) mass is 281 g/mol. The van der Waals surface area contributed by atoms with Gasteiger partial charge in [-0.1, -0.05) is 60.1 Å². The molecule has 0 saturated carbocycles. The van der Waals surface area contributed by atoms with Crippen molar-refractivity contribution in [1.82, 2.24) is 9.97 Å². The minimum absolute atomic E-state index is 0.414. The van der Waals surface area contributed by atoms with Crippen LogP contribution in [0.5, 0.6) is 0 Å². The molecular weight excluding hydrogens is 270 g/mol. The van der Waals surface area contributed by atoms with Gasteiger partial charge in [-0.25, -0.2) is 9.97 Å². The van der Waals surface area contributed by atoms with Crippen molar-refractivity contribution in [3.63, 3.8) is 0 Å². The van der Waals surface area contributed by atoms with E-state index in [1.165, 1.54) is 0 Å². The van der Waals surface area contributed by atoms with Crippen LogP contribution in [-0.4, -0.2) is 9.97 Å². The van der Waals surface area contributed by atoms with Crippen LogP contribution >= 0.6 is 11.6 Å². The molecule has 3 aromatic rings. The molecule has 0 unspecified atom stereocenters. The summed E-state index contributed by atoms with van der Waals surface area (Å²) in [5, 5.41) is 3.56. The number of aromatic nitrogens is 2. The van der Waals surface area contributed by atoms with E-state index >= 15 is 0 Å². The molecule has 0 amide bonds. The van der Waals surface area contributed by atoms with Crippen LogP contribution in [0.2, 0.25) is 5.15 Å². The van der Waals surface area contributed by atoms with Crippen molar-refractivity contribution >= 4 is 23.2 Å². The third-order valence-corrected chi connectivity index (χ3v) is 2.99. The molecule has 0 atom stereocenters. The highest BCUT2D eigenvalue weighted by Crippen LogP contribution is 2.22. The first-order valence-corrected chi connectivity index (χ1v) is 6.61. The highest BCUT2D eigenvalue weighted by molar-refractivity contribution is 6.29. The van der Waals surface area contributed by atoms with Gasteiger partial charge in [-0.05, 0) is 12.1 Å². The molecule has 0 aliphatic heterocycles. The van der Waals surface area contributed by atoms with E-state index in [4.69, 9.17) is 11.6 Å². The summed E-state index contributed by atoms with van der Waals surface area (Å²) in [5.41, 5.74) is 2.73. The molecule has 4 heteroatoms. The lowest BCUT2D eigenvalue weighted by molar-refractivity contribution is 1.17. The number of hydrogen-bond donors (Lipinski definition) is 1. The van der Waals surface area contributed by atoms with Crippen LogP contribution in [0.1, 0.15) is 0 Å². The molecular formula is C16H12ClN3. The Hall–Kier alpha value is -2.39. The molecule has 98 valence electrons. The predicted molar refractivity (Wildman–Crippen MR) is 82.2 cm³/mol. The number of hydrogen-bond acceptors (Lipinski definition) is 3. The first kappa shape index (κ1) is 12.6. The predicted octanol–water partition coefficient (Wildman–Crippen LogP) is 4.54. The van der Waals surface area contributed by atoms with Gasteiger partial charge in [0, 0.05) is 17.3 Å². The fourth-order valence-electron chi connectivity index (χ4n) is 1.88. The minimum atomic E-state index is 0.414. The number of nitrogens with zero attached hydrogens (tertiary/aromatic N) is 2. The van der Waals surface area contributed by atoms with E-state index < -0.39 is 0 Å². The van der Waals surface area contributed by atoms with Gasteiger partial charge < -0.3 is 5.32 Å². The molecule has 0 aliphatic rings. The Morgan fingerprint density at radius 3 is 2.15 bits per heavy atom. The first-order valence-electron chi connectivity index (χ1n) is 6.23. The van der Waals surface area contributed by atoms with Crippen molar-refractivity contribution in [3.8, 4) is 11.3 Å². The molecule has 0 spiro atoms. The van der Waals surface area contributed by atoms with Gasteiger partial charge in [0.15, 0.2) is 0 Å². The quantitative estimate of drug-likeness (QED) is 0.716. The molecule has 0 radical (unpaired) electrons. The Morgan fingerprint density at radius 2 is 1.45 bits per heavy atom. The number of nitrogens with one attached hydrogen (secondary N) is 1. The third kappa shape index (κ3) is 2.95. The van der Waals surface area contributed by atoms with Crippen LogP contribution in [0.3, 0.4) is 0 Å². The molecule has 1 N–H and O–H groups in total. The van der Waals surface area contributed by atoms with Gasteiger partial charge in [0.2, 0.25) is 5.95 Å². The highest BCUT2D eigenvalue weighted by Gasteiger charge is 2.05. The van der Waals surface area contributed by atoms with Crippen LogP contribution in [0.15, 0.2) is 66.7 Å². The molecule has 2 aromatic carbocycles. The Balaban J connectivity index is 1.95. The van der Waals surface area contributed by atoms with Gasteiger partial charge in [-0.2, -0.15) is 0 Å². The number of para-hydroxylation sites is 1. The fraction of sp³-hybridized carbons (Fsp3) is 0. The van der Waals surface area contributed by atoms with E-state index in [0.717, 1.165) is 16.9 Å². The van der Waals surface area contributed by atoms with Gasteiger partial charge in [-0.15, -0.1) is 0 Å². The first-order chi connectivity index (χ1) is 9.81. The Bertz CT molecular complexity index is 699. The lowest BCUT2D eigenvalue weighted by Gasteiger charge is -2.07. The zero-order valence-electron chi connectivity index (χ0n) is 10.6. The number of halogens is 1. The number of anilines is 2. The van der Waals surface area contributed by atoms with Gasteiger partial charge in [-0.3, -0.25) is 0 Å². The number of rotatable bonds is 3. The maximum Gasteiger partial charge on any atom is 0.229 e. The summed E-state index contributed by atoms with van der Waals surface area (Å²) in [6.45, 7) is 0. The van der Waals surface area contributed by atoms with Gasteiger partial charge >= 0.3 is 0 Å². The van der Waals surface area contributed by atoms with Crippen molar-refractivity contribution in [3.05, 3.63) is 71.9 Å². The van der Waals surface area contributed by atoms with Gasteiger partial charge in [0.25, 0.3) is 0 Å². The van der Waals surface area contributed by atoms with E-state index in [1.807, 2.05) is 60.7 Å². The highest BCUT2D eigenvalue weighted by atomic mass is 35.5. The second-order valence-electron chi connectivity index (χ2n) is 4.26. The molecule has 0 saturated heterocycles. The summed E-state index contributed by atoms with van der Waals surface area (Å²) in [5.74, 6) is 0.488. The van der Waals surface area contributed by atoms with Crippen LogP contribution in [0.4, 0.5) is 11.6 Å². The smallest absolute Gasteiger partial charge is 0.229 e. The Labute approximate surface area is 122 Å². The molecule has 0 aliphatic carbocycles. The van der Waals surface area contributed by atoms with Crippen molar-refractivity contribution in [2.45, 2.75) is 0 Å². The summed E-state index contributed by atoms with van der Waals surface area (Å²) in [7, 11) is 0. The average Bonchev–Trinajstić information content (AvgIpc) is 2.49. The standard InChI is InChI=1S/C16H12ClN3/c17-15-11-14(12-7-3-1-4-8-12)19-16(20-15)18-13-9-5-2-6-10-13/h1-11H,(H,18,19,20). The average molecular weight is 282 g/mol. The molecule has 20 heavy (non-hydrogen) atoms. The van der Waals surface area contributed by atoms with Crippen LogP contribution in [0, 0.1) is 0 Å². The van der Waals surface area contributed by atoms with E-state index in [9.17, 15) is 0 Å². The lowest BCUT2D eigenvalue weighted by Crippen LogP contribution is -1.98. The van der Waals surface area contributed by atoms with Crippen molar-refractivity contribution in [1.29, 1.82) is 0 Å². The molecule has 0 bridgehead atoms. The zero-order chi connectivity index (χ0) is 13.8. The Kier molecular flexibility index (Phi) is 3.61. The van der Waals surface area contributed by atoms with Crippen LogP contribution < -0.4 is 5.32 Å². The summed E-state index contributed by atoms with van der Waals surface area (Å²) >= 11 is 6.08. The maximum atomic E-state index is 6.08. The largest absolute Gasteiger partial charge is 0.324 e. The minimum Gasteiger partial charge on any atom is -0.324 e. The summed E-state index contributed by atoms with van der Waals surface area (Å²) < 4.78 is 0. The van der Waals surface area contributed by atoms with Crippen molar-refractivity contribution in [2.24, 2.45) is 0 Å². The SMILES string of the molecule is Clc1cc(-c2ccccc2)nc(Nc2ccccc2)n1. The molecule has 1 heterocycles. The Morgan fingerprint density at radius 1 is 0.800 bits per heavy atom. The number of benzene rings is 2. The van der Waals surface area contributed by atoms with Crippen LogP contribution in [-0.2, 0) is 0 Å². The van der Waals surface area contributed by atoms with E-state index in [0.29, 0.717) is 11.1 Å². The van der Waals surface area contributed by atoms with Gasteiger partial charge in [0.05, 0.1) is 5.69 Å². The molecule has 0 fully saturated rings. The maximum absolute atomic E-state index is 6.08. The summed E-state index contributed by atoms with van der Waals surface area (Å²) in [6, 6.07) is 21.4. The summed E-state index contributed by atoms with van der Waals surface area (Å²) in [6.07, 6.45) is 0. The molecule has 3 rings (SSSR count). The summed E-state index contributed by atoms with van der Waals surface area (Å²) in [4.78, 5) is 8.69. The van der Waals surface area contributed by atoms with Crippen molar-refractivity contribution < 1.29 is 0 Å². The topological polar surface area (TPSA) is 37.8 Å². The molecule has 1 aromatic heterocycles. The van der Waals surface area contributed by atoms with E-state index in [-0.39, 0.29) is 0 Å². The normalized spacial score (nSPS) is 10.2. The zero-order valence-corrected chi connectivity index (χ0v) is 11.4. The van der Waals surface area contributed by atoms with E-state index in [2.05, 4.69) is 15.3 Å². The van der Waals surface area contributed by atoms with E-state index in [1.54, 1.807) is 6.07 Å². The second-order valence-corrected chi connectivity index (χ2v) is 4.64. The van der Waals surface area contributed by atoms with Crippen molar-refractivity contribution in [2.75, 3.05) is 5.32 Å². The second kappa shape index (κ2) is 5.72. The third-order valence-electron chi connectivity index (χ3n) is 2.79.